The Bertz CT molecular complexity index is 312. The van der Waals surface area contributed by atoms with E-state index < -0.39 is 13.0 Å². The second-order valence-corrected chi connectivity index (χ2v) is 3.04. The van der Waals surface area contributed by atoms with Crippen LogP contribution in [0.1, 0.15) is 18.6 Å². The van der Waals surface area contributed by atoms with Crippen LogP contribution in [0.15, 0.2) is 10.6 Å². The van der Waals surface area contributed by atoms with Crippen molar-refractivity contribution in [1.29, 1.82) is 0 Å². The van der Waals surface area contributed by atoms with Gasteiger partial charge in [0.15, 0.2) is 0 Å². The number of hydrogen-bond donors (Lipinski definition) is 1. The van der Waals surface area contributed by atoms with E-state index in [2.05, 4.69) is 15.0 Å². The molecule has 0 amide bonds. The molecule has 1 aromatic rings. The summed E-state index contributed by atoms with van der Waals surface area (Å²) in [5, 5.41) is 2.73. The van der Waals surface area contributed by atoms with Crippen LogP contribution in [0.4, 0.5) is 13.2 Å². The van der Waals surface area contributed by atoms with Gasteiger partial charge in [0.2, 0.25) is 5.89 Å². The van der Waals surface area contributed by atoms with Gasteiger partial charge in [0.1, 0.15) is 5.76 Å². The van der Waals surface area contributed by atoms with Crippen molar-refractivity contribution in [2.45, 2.75) is 26.3 Å². The summed E-state index contributed by atoms with van der Waals surface area (Å²) in [6.45, 7) is 1.88. The minimum Gasteiger partial charge on any atom is -0.444 e. The Morgan fingerprint density at radius 3 is 2.81 bits per heavy atom. The maximum Gasteiger partial charge on any atom is 0.522 e. The zero-order chi connectivity index (χ0) is 12.0. The minimum atomic E-state index is -4.57. The maximum atomic E-state index is 11.6. The van der Waals surface area contributed by atoms with Crippen molar-refractivity contribution >= 4 is 0 Å². The topological polar surface area (TPSA) is 47.3 Å². The maximum absolute atomic E-state index is 11.6. The summed E-state index contributed by atoms with van der Waals surface area (Å²) in [7, 11) is 0. The molecular formula is C9H13F3N2O2. The Morgan fingerprint density at radius 1 is 1.50 bits per heavy atom. The second kappa shape index (κ2) is 5.86. The average Bonchev–Trinajstić information content (AvgIpc) is 2.63. The molecule has 0 saturated carbocycles. The summed E-state index contributed by atoms with van der Waals surface area (Å²) in [4.78, 5) is 3.94. The van der Waals surface area contributed by atoms with Gasteiger partial charge < -0.3 is 9.73 Å². The monoisotopic (exact) mass is 238 g/mol. The molecule has 1 heterocycles. The van der Waals surface area contributed by atoms with Crippen molar-refractivity contribution in [2.75, 3.05) is 13.2 Å². The van der Waals surface area contributed by atoms with Crippen molar-refractivity contribution in [3.63, 3.8) is 0 Å². The van der Waals surface area contributed by atoms with E-state index in [-0.39, 0.29) is 6.54 Å². The predicted molar refractivity (Wildman–Crippen MR) is 49.6 cm³/mol. The van der Waals surface area contributed by atoms with E-state index in [0.717, 1.165) is 12.2 Å². The molecule has 0 radical (unpaired) electrons. The highest BCUT2D eigenvalue weighted by Crippen LogP contribution is 2.15. The first-order chi connectivity index (χ1) is 7.51. The Balaban J connectivity index is 2.11. The molecular weight excluding hydrogens is 225 g/mol. The van der Waals surface area contributed by atoms with Gasteiger partial charge in [0.25, 0.3) is 0 Å². The molecule has 0 bridgehead atoms. The molecule has 0 atom stereocenters. The van der Waals surface area contributed by atoms with Crippen molar-refractivity contribution in [3.8, 4) is 0 Å². The summed E-state index contributed by atoms with van der Waals surface area (Å²) in [5.41, 5.74) is 0. The molecule has 0 spiro atoms. The molecule has 0 aliphatic carbocycles. The van der Waals surface area contributed by atoms with Gasteiger partial charge in [0, 0.05) is 13.0 Å². The number of aryl methyl sites for hydroxylation is 1. The number of ether oxygens (including phenoxy) is 1. The van der Waals surface area contributed by atoms with Gasteiger partial charge in [-0.2, -0.15) is 0 Å². The largest absolute Gasteiger partial charge is 0.522 e. The fourth-order valence-corrected chi connectivity index (χ4v) is 1.03. The molecule has 1 N–H and O–H groups in total. The highest BCUT2D eigenvalue weighted by atomic mass is 19.4. The summed E-state index contributed by atoms with van der Waals surface area (Å²) in [5.74, 6) is 1.22. The fraction of sp³-hybridized carbons (Fsp3) is 0.667. The van der Waals surface area contributed by atoms with Crippen molar-refractivity contribution in [2.24, 2.45) is 0 Å². The summed E-state index contributed by atoms with van der Waals surface area (Å²) < 4.78 is 43.5. The molecule has 0 aliphatic rings. The molecule has 0 saturated heterocycles. The molecule has 92 valence electrons. The normalized spacial score (nSPS) is 12.0. The Kier molecular flexibility index (Phi) is 4.75. The first kappa shape index (κ1) is 13.0. The molecule has 16 heavy (non-hydrogen) atoms. The summed E-state index contributed by atoms with van der Waals surface area (Å²) >= 11 is 0. The minimum absolute atomic E-state index is 0.0867. The van der Waals surface area contributed by atoms with E-state index in [0.29, 0.717) is 12.4 Å². The second-order valence-electron chi connectivity index (χ2n) is 3.04. The molecule has 0 aliphatic heterocycles. The van der Waals surface area contributed by atoms with E-state index >= 15 is 0 Å². The molecule has 0 unspecified atom stereocenters. The standard InChI is InChI=1S/C9H13F3N2O2/c1-2-7-5-14-8(16-7)6-13-3-4-15-9(10,11)12/h5,13H,2-4,6H2,1H3. The van der Waals surface area contributed by atoms with Crippen LogP contribution < -0.4 is 5.32 Å². The van der Waals surface area contributed by atoms with Gasteiger partial charge in [-0.15, -0.1) is 13.2 Å². The molecule has 1 aromatic heterocycles. The Hall–Kier alpha value is -1.08. The zero-order valence-corrected chi connectivity index (χ0v) is 8.80. The van der Waals surface area contributed by atoms with Crippen LogP contribution >= 0.6 is 0 Å². The van der Waals surface area contributed by atoms with Crippen molar-refractivity contribution in [3.05, 3.63) is 17.8 Å². The first-order valence-electron chi connectivity index (χ1n) is 4.86. The van der Waals surface area contributed by atoms with Crippen LogP contribution in [0.2, 0.25) is 0 Å². The lowest BCUT2D eigenvalue weighted by atomic mass is 10.4. The van der Waals surface area contributed by atoms with Gasteiger partial charge in [-0.1, -0.05) is 6.92 Å². The van der Waals surface area contributed by atoms with E-state index in [9.17, 15) is 13.2 Å². The number of nitrogens with one attached hydrogen (secondary N) is 1. The third kappa shape index (κ3) is 5.13. The molecule has 7 heteroatoms. The van der Waals surface area contributed by atoms with Crippen LogP contribution in [0.3, 0.4) is 0 Å². The molecule has 1 rings (SSSR count). The number of aromatic nitrogens is 1. The number of oxazole rings is 1. The lowest BCUT2D eigenvalue weighted by Crippen LogP contribution is -2.24. The van der Waals surface area contributed by atoms with E-state index in [4.69, 9.17) is 4.42 Å². The van der Waals surface area contributed by atoms with Crippen molar-refractivity contribution < 1.29 is 22.3 Å². The Morgan fingerprint density at radius 2 is 2.25 bits per heavy atom. The quantitative estimate of drug-likeness (QED) is 0.768. The van der Waals surface area contributed by atoms with Gasteiger partial charge in [-0.25, -0.2) is 4.98 Å². The lowest BCUT2D eigenvalue weighted by Gasteiger charge is -2.06. The third-order valence-corrected chi connectivity index (χ3v) is 1.77. The smallest absolute Gasteiger partial charge is 0.444 e. The highest BCUT2D eigenvalue weighted by Gasteiger charge is 2.28. The van der Waals surface area contributed by atoms with Gasteiger partial charge in [-0.05, 0) is 0 Å². The fourth-order valence-electron chi connectivity index (χ4n) is 1.03. The number of alkyl halides is 3. The summed E-state index contributed by atoms with van der Waals surface area (Å²) in [6, 6.07) is 0. The number of nitrogens with zero attached hydrogens (tertiary/aromatic N) is 1. The van der Waals surface area contributed by atoms with Gasteiger partial charge in [0.05, 0.1) is 19.3 Å². The highest BCUT2D eigenvalue weighted by molar-refractivity contribution is 4.93. The number of rotatable bonds is 6. The van der Waals surface area contributed by atoms with Crippen LogP contribution in [0, 0.1) is 0 Å². The van der Waals surface area contributed by atoms with Crippen LogP contribution in [-0.4, -0.2) is 24.5 Å². The SMILES string of the molecule is CCc1cnc(CNCCOC(F)(F)F)o1. The Labute approximate surface area is 90.8 Å². The third-order valence-electron chi connectivity index (χ3n) is 1.77. The lowest BCUT2D eigenvalue weighted by molar-refractivity contribution is -0.323. The zero-order valence-electron chi connectivity index (χ0n) is 8.80. The van der Waals surface area contributed by atoms with E-state index in [1.807, 2.05) is 6.92 Å². The predicted octanol–water partition coefficient (Wildman–Crippen LogP) is 1.86. The summed E-state index contributed by atoms with van der Waals surface area (Å²) in [6.07, 6.45) is -2.23. The van der Waals surface area contributed by atoms with Gasteiger partial charge >= 0.3 is 6.36 Å². The molecule has 0 fully saturated rings. The van der Waals surface area contributed by atoms with E-state index in [1.165, 1.54) is 0 Å². The van der Waals surface area contributed by atoms with Crippen LogP contribution in [-0.2, 0) is 17.7 Å². The van der Waals surface area contributed by atoms with Gasteiger partial charge in [-0.3, -0.25) is 4.74 Å². The average molecular weight is 238 g/mol. The number of halogens is 3. The molecule has 0 aromatic carbocycles. The van der Waals surface area contributed by atoms with E-state index in [1.54, 1.807) is 6.20 Å². The van der Waals surface area contributed by atoms with Crippen LogP contribution in [0.5, 0.6) is 0 Å². The molecule has 4 nitrogen and oxygen atoms in total. The van der Waals surface area contributed by atoms with Crippen LogP contribution in [0.25, 0.3) is 0 Å². The van der Waals surface area contributed by atoms with Crippen molar-refractivity contribution in [1.82, 2.24) is 10.3 Å². The first-order valence-corrected chi connectivity index (χ1v) is 4.86. The number of hydrogen-bond acceptors (Lipinski definition) is 4.